The molecule has 1 unspecified atom stereocenters. The van der Waals surface area contributed by atoms with Crippen LogP contribution in [0, 0.1) is 17.1 Å². The van der Waals surface area contributed by atoms with Crippen LogP contribution in [0.4, 0.5) is 20.6 Å². The Kier molecular flexibility index (Phi) is 8.94. The number of hydrogen-bond donors (Lipinski definition) is 1. The number of piperazine rings is 1. The van der Waals surface area contributed by atoms with Crippen molar-refractivity contribution in [2.45, 2.75) is 32.3 Å². The summed E-state index contributed by atoms with van der Waals surface area (Å²) in [6, 6.07) is 14.9. The van der Waals surface area contributed by atoms with Crippen molar-refractivity contribution in [3.63, 3.8) is 0 Å². The summed E-state index contributed by atoms with van der Waals surface area (Å²) in [6.45, 7) is 6.25. The molecule has 1 atom stereocenters. The molecular weight excluding hydrogens is 557 g/mol. The highest BCUT2D eigenvalue weighted by atomic mass is 19.1. The molecule has 2 heterocycles. The molecule has 0 aromatic heterocycles. The van der Waals surface area contributed by atoms with E-state index in [1.807, 2.05) is 0 Å². The Hall–Kier alpha value is -5.05. The van der Waals surface area contributed by atoms with Gasteiger partial charge in [0.25, 0.3) is 0 Å². The molecule has 226 valence electrons. The van der Waals surface area contributed by atoms with Gasteiger partial charge < -0.3 is 29.7 Å². The largest absolute Gasteiger partial charge is 0.466 e. The second kappa shape index (κ2) is 12.4. The molecule has 2 aliphatic heterocycles. The third kappa shape index (κ3) is 6.11. The van der Waals surface area contributed by atoms with Gasteiger partial charge in [-0.25, -0.2) is 18.8 Å². The average molecular weight is 592 g/mol. The minimum Gasteiger partial charge on any atom is -0.466 e. The summed E-state index contributed by atoms with van der Waals surface area (Å²) in [5, 5.41) is 10.3. The van der Waals surface area contributed by atoms with Crippen molar-refractivity contribution in [1.29, 1.82) is 5.26 Å². The average Bonchev–Trinajstić information content (AvgIpc) is 2.99. The predicted octanol–water partition coefficient (Wildman–Crippen LogP) is 3.78. The van der Waals surface area contributed by atoms with Crippen LogP contribution in [-0.2, 0) is 23.8 Å². The van der Waals surface area contributed by atoms with E-state index in [0.29, 0.717) is 5.56 Å². The molecule has 2 aromatic rings. The Morgan fingerprint density at radius 3 is 2.14 bits per heavy atom. The summed E-state index contributed by atoms with van der Waals surface area (Å²) < 4.78 is 31.4. The van der Waals surface area contributed by atoms with Crippen LogP contribution >= 0.6 is 0 Å². The Balaban J connectivity index is 1.87. The van der Waals surface area contributed by atoms with Crippen molar-refractivity contribution in [3.8, 4) is 6.07 Å². The van der Waals surface area contributed by atoms with E-state index in [9.17, 15) is 19.6 Å². The third-order valence-electron chi connectivity index (χ3n) is 7.06. The Bertz CT molecular complexity index is 1520. The minimum absolute atomic E-state index is 0.0378. The SMILES string of the molecule is COC(=O)C1=C(C(=O)OC)N(c2cccc(F)c2N2CCN(C(=O)OC(C)(C)C)CC2)C(N)=C(C#N)C1c1ccccc1. The second-order valence-corrected chi connectivity index (χ2v) is 10.9. The molecular formula is C31H34FN5O6. The number of carbonyl (C=O) groups is 3. The van der Waals surface area contributed by atoms with Crippen molar-refractivity contribution in [1.82, 2.24) is 4.90 Å². The zero-order chi connectivity index (χ0) is 31.5. The lowest BCUT2D eigenvalue weighted by Gasteiger charge is -2.40. The number of ether oxygens (including phenoxy) is 3. The first-order valence-electron chi connectivity index (χ1n) is 13.6. The maximum absolute atomic E-state index is 15.7. The van der Waals surface area contributed by atoms with Crippen LogP contribution in [0.3, 0.4) is 0 Å². The standard InChI is InChI=1S/C31H34FN5O6/c1-31(2,3)43-30(40)36-16-14-35(15-17-36)25-21(32)12-9-13-22(25)37-26(29(39)42-5)24(28(38)41-4)23(20(18-33)27(37)34)19-10-7-6-8-11-19/h6-13,23H,14-17,34H2,1-5H3. The summed E-state index contributed by atoms with van der Waals surface area (Å²) in [7, 11) is 2.30. The van der Waals surface area contributed by atoms with E-state index in [0.717, 1.165) is 14.2 Å². The second-order valence-electron chi connectivity index (χ2n) is 10.9. The summed E-state index contributed by atoms with van der Waals surface area (Å²) in [6.07, 6.45) is -0.478. The molecule has 2 aromatic carbocycles. The molecule has 12 heteroatoms. The molecule has 0 saturated carbocycles. The number of methoxy groups -OCH3 is 2. The molecule has 1 amide bonds. The first-order valence-corrected chi connectivity index (χ1v) is 13.6. The lowest BCUT2D eigenvalue weighted by atomic mass is 9.81. The molecule has 1 fully saturated rings. The fraction of sp³-hybridized carbons (Fsp3) is 0.355. The van der Waals surface area contributed by atoms with E-state index < -0.39 is 35.4 Å². The lowest BCUT2D eigenvalue weighted by Crippen LogP contribution is -2.50. The summed E-state index contributed by atoms with van der Waals surface area (Å²) >= 11 is 0. The van der Waals surface area contributed by atoms with Crippen molar-refractivity contribution >= 4 is 29.4 Å². The highest BCUT2D eigenvalue weighted by Gasteiger charge is 2.44. The number of carbonyl (C=O) groups excluding carboxylic acids is 3. The number of benzene rings is 2. The highest BCUT2D eigenvalue weighted by Crippen LogP contribution is 2.46. The van der Waals surface area contributed by atoms with Crippen LogP contribution < -0.4 is 15.5 Å². The topological polar surface area (TPSA) is 138 Å². The molecule has 0 aliphatic carbocycles. The third-order valence-corrected chi connectivity index (χ3v) is 7.06. The van der Waals surface area contributed by atoms with Gasteiger partial charge in [0.15, 0.2) is 0 Å². The van der Waals surface area contributed by atoms with Gasteiger partial charge in [-0.2, -0.15) is 5.26 Å². The number of anilines is 2. The summed E-state index contributed by atoms with van der Waals surface area (Å²) in [4.78, 5) is 43.8. The normalized spacial score (nSPS) is 17.4. The number of esters is 2. The van der Waals surface area contributed by atoms with Crippen molar-refractivity contribution in [2.24, 2.45) is 5.73 Å². The molecule has 43 heavy (non-hydrogen) atoms. The summed E-state index contributed by atoms with van der Waals surface area (Å²) in [5.41, 5.74) is 6.11. The van der Waals surface area contributed by atoms with E-state index in [4.69, 9.17) is 19.9 Å². The van der Waals surface area contributed by atoms with Crippen LogP contribution in [0.5, 0.6) is 0 Å². The molecule has 0 radical (unpaired) electrons. The Morgan fingerprint density at radius 1 is 0.953 bits per heavy atom. The fourth-order valence-corrected chi connectivity index (χ4v) is 5.20. The maximum atomic E-state index is 15.7. The number of rotatable bonds is 5. The molecule has 0 spiro atoms. The number of allylic oxidation sites excluding steroid dienone is 1. The van der Waals surface area contributed by atoms with Crippen molar-refractivity contribution in [2.75, 3.05) is 50.2 Å². The van der Waals surface area contributed by atoms with E-state index >= 15 is 4.39 Å². The first kappa shape index (κ1) is 30.9. The number of para-hydroxylation sites is 1. The van der Waals surface area contributed by atoms with Crippen molar-refractivity contribution < 1.29 is 33.0 Å². The van der Waals surface area contributed by atoms with E-state index in [1.165, 1.54) is 28.0 Å². The highest BCUT2D eigenvalue weighted by molar-refractivity contribution is 6.07. The Morgan fingerprint density at radius 2 is 1.58 bits per heavy atom. The van der Waals surface area contributed by atoms with Gasteiger partial charge >= 0.3 is 18.0 Å². The number of amides is 1. The number of nitrogens with two attached hydrogens (primary N) is 1. The van der Waals surface area contributed by atoms with Crippen LogP contribution in [0.15, 0.2) is 71.2 Å². The number of nitrogens with zero attached hydrogens (tertiary/aromatic N) is 4. The van der Waals surface area contributed by atoms with Crippen LogP contribution in [0.1, 0.15) is 32.3 Å². The van der Waals surface area contributed by atoms with Crippen LogP contribution in [0.25, 0.3) is 0 Å². The lowest BCUT2D eigenvalue weighted by molar-refractivity contribution is -0.139. The molecule has 2 aliphatic rings. The predicted molar refractivity (Wildman–Crippen MR) is 156 cm³/mol. The van der Waals surface area contributed by atoms with Crippen LogP contribution in [0.2, 0.25) is 0 Å². The minimum atomic E-state index is -1.06. The summed E-state index contributed by atoms with van der Waals surface area (Å²) in [5.74, 6) is -3.69. The Labute approximate surface area is 249 Å². The van der Waals surface area contributed by atoms with E-state index in [2.05, 4.69) is 6.07 Å². The van der Waals surface area contributed by atoms with Gasteiger partial charge in [-0.3, -0.25) is 4.90 Å². The number of hydrogen-bond acceptors (Lipinski definition) is 10. The van der Waals surface area contributed by atoms with E-state index in [1.54, 1.807) is 56.0 Å². The molecule has 4 rings (SSSR count). The molecule has 1 saturated heterocycles. The number of nitriles is 1. The van der Waals surface area contributed by atoms with Gasteiger partial charge in [0, 0.05) is 26.2 Å². The van der Waals surface area contributed by atoms with Crippen molar-refractivity contribution in [3.05, 3.63) is 82.6 Å². The zero-order valence-corrected chi connectivity index (χ0v) is 24.7. The van der Waals surface area contributed by atoms with Gasteiger partial charge in [0.1, 0.15) is 22.9 Å². The smallest absolute Gasteiger partial charge is 0.410 e. The molecule has 0 bridgehead atoms. The monoisotopic (exact) mass is 591 g/mol. The molecule has 11 nitrogen and oxygen atoms in total. The first-order chi connectivity index (χ1) is 20.4. The van der Waals surface area contributed by atoms with Gasteiger partial charge in [0.2, 0.25) is 0 Å². The fourth-order valence-electron chi connectivity index (χ4n) is 5.20. The van der Waals surface area contributed by atoms with Gasteiger partial charge in [-0.05, 0) is 38.5 Å². The zero-order valence-electron chi connectivity index (χ0n) is 24.7. The molecule has 2 N–H and O–H groups in total. The van der Waals surface area contributed by atoms with Crippen LogP contribution in [-0.4, -0.2) is 68.9 Å². The maximum Gasteiger partial charge on any atom is 0.410 e. The number of halogens is 1. The van der Waals surface area contributed by atoms with Gasteiger partial charge in [0.05, 0.1) is 48.7 Å². The van der Waals surface area contributed by atoms with E-state index in [-0.39, 0.29) is 60.2 Å². The van der Waals surface area contributed by atoms with Gasteiger partial charge in [-0.1, -0.05) is 36.4 Å². The van der Waals surface area contributed by atoms with Gasteiger partial charge in [-0.15, -0.1) is 0 Å². The quantitative estimate of drug-likeness (QED) is 0.404.